The van der Waals surface area contributed by atoms with E-state index in [1.807, 2.05) is 94.1 Å². The van der Waals surface area contributed by atoms with Crippen molar-refractivity contribution >= 4 is 77.7 Å². The van der Waals surface area contributed by atoms with E-state index in [0.717, 1.165) is 80.7 Å². The lowest BCUT2D eigenvalue weighted by Gasteiger charge is -2.28. The lowest BCUT2D eigenvalue weighted by atomic mass is 9.98. The highest BCUT2D eigenvalue weighted by atomic mass is 19.2. The van der Waals surface area contributed by atoms with E-state index in [4.69, 9.17) is 0 Å². The van der Waals surface area contributed by atoms with Crippen LogP contribution in [0, 0.1) is 58.2 Å². The Kier molecular flexibility index (Phi) is 11.0. The van der Waals surface area contributed by atoms with Crippen LogP contribution in [0.3, 0.4) is 0 Å². The van der Waals surface area contributed by atoms with Gasteiger partial charge in [0.15, 0.2) is 46.5 Å². The summed E-state index contributed by atoms with van der Waals surface area (Å²) >= 11 is 0. The van der Waals surface area contributed by atoms with Crippen molar-refractivity contribution in [1.82, 2.24) is 9.13 Å². The Bertz CT molecular complexity index is 3870. The first kappa shape index (κ1) is 45.8. The molecule has 0 fully saturated rings. The second-order valence-electron chi connectivity index (χ2n) is 17.4. The average molecular weight is 999 g/mol. The molecule has 0 atom stereocenters. The third kappa shape index (κ3) is 7.15. The van der Waals surface area contributed by atoms with Gasteiger partial charge in [0.2, 0.25) is 0 Å². The van der Waals surface area contributed by atoms with Crippen molar-refractivity contribution in [2.75, 3.05) is 9.80 Å². The van der Waals surface area contributed by atoms with Crippen molar-refractivity contribution in [3.05, 3.63) is 252 Å². The summed E-state index contributed by atoms with van der Waals surface area (Å²) in [5.41, 5.74) is -3.38. The van der Waals surface area contributed by atoms with Gasteiger partial charge in [-0.15, -0.1) is 0 Å². The zero-order valence-corrected chi connectivity index (χ0v) is 38.0. The molecular formula is C60H32F10N4. The van der Waals surface area contributed by atoms with Gasteiger partial charge in [-0.3, -0.25) is 0 Å². The van der Waals surface area contributed by atoms with E-state index in [1.165, 1.54) is 24.3 Å². The Morgan fingerprint density at radius 3 is 0.905 bits per heavy atom. The number of hydrogen-bond acceptors (Lipinski definition) is 2. The van der Waals surface area contributed by atoms with Gasteiger partial charge in [0.05, 0.1) is 33.2 Å². The minimum absolute atomic E-state index is 0.0908. The normalized spacial score (nSPS) is 11.6. The molecule has 4 nitrogen and oxygen atoms in total. The second kappa shape index (κ2) is 17.8. The van der Waals surface area contributed by atoms with E-state index < -0.39 is 80.7 Å². The van der Waals surface area contributed by atoms with Crippen LogP contribution in [0.25, 0.3) is 66.1 Å². The lowest BCUT2D eigenvalue weighted by Crippen LogP contribution is -2.19. The van der Waals surface area contributed by atoms with Crippen LogP contribution in [0.5, 0.6) is 0 Å². The number of benzene rings is 10. The number of fused-ring (bicyclic) bond motifs is 6. The van der Waals surface area contributed by atoms with Crippen LogP contribution in [-0.4, -0.2) is 9.13 Å². The van der Waals surface area contributed by atoms with Crippen LogP contribution >= 0.6 is 0 Å². The molecule has 2 aromatic heterocycles. The van der Waals surface area contributed by atoms with Gasteiger partial charge >= 0.3 is 0 Å². The van der Waals surface area contributed by atoms with E-state index in [0.29, 0.717) is 32.6 Å². The SMILES string of the molecule is Fc1ccc(N(c2ccc3c(c2)c2ccccc2n3-c2ccccc2)c2c(F)c(F)c(-c3c(F)c(F)c(N(c4ccc(F)cc4)c4ccc5c(c4)c4ccccc4n5-c4ccccc4)c(F)c3F)c(F)c2F)cc1. The van der Waals surface area contributed by atoms with Gasteiger partial charge in [0.25, 0.3) is 0 Å². The van der Waals surface area contributed by atoms with Gasteiger partial charge in [-0.1, -0.05) is 72.8 Å². The molecule has 0 aliphatic rings. The summed E-state index contributed by atoms with van der Waals surface area (Å²) < 4.78 is 168. The molecule has 0 amide bonds. The van der Waals surface area contributed by atoms with E-state index in [-0.39, 0.29) is 22.7 Å². The molecule has 0 unspecified atom stereocenters. The average Bonchev–Trinajstić information content (AvgIpc) is 3.94. The number of nitrogens with zero attached hydrogens (tertiary/aromatic N) is 4. The standard InChI is InChI=1S/C60H32F10N4/c61-33-19-23-37(24-20-33)71(39-27-29-47-43(31-39)41-15-7-9-17-45(41)73(47)35-11-3-1-4-12-35)59-55(67)51(63)49(52(64)56(59)68)50-53(65)57(69)60(58(70)54(50)66)72(38-25-21-34(62)22-26-38)40-28-30-48-44(32-40)42-16-8-10-18-46(42)74(48)36-13-5-2-6-14-36/h1-32H. The second-order valence-corrected chi connectivity index (χ2v) is 17.4. The largest absolute Gasteiger partial charge is 0.309 e. The summed E-state index contributed by atoms with van der Waals surface area (Å²) in [6, 6.07) is 50.1. The number of para-hydroxylation sites is 4. The molecule has 0 aliphatic carbocycles. The Hall–Kier alpha value is -9.30. The first-order chi connectivity index (χ1) is 35.9. The third-order valence-corrected chi connectivity index (χ3v) is 13.2. The van der Waals surface area contributed by atoms with Gasteiger partial charge < -0.3 is 18.9 Å². The molecule has 0 saturated heterocycles. The van der Waals surface area contributed by atoms with Gasteiger partial charge in [-0.25, -0.2) is 43.9 Å². The fourth-order valence-corrected chi connectivity index (χ4v) is 9.98. The molecule has 14 heteroatoms. The molecule has 0 bridgehead atoms. The van der Waals surface area contributed by atoms with Crippen molar-refractivity contribution < 1.29 is 43.9 Å². The highest BCUT2D eigenvalue weighted by Crippen LogP contribution is 2.49. The maximum atomic E-state index is 17.0. The van der Waals surface area contributed by atoms with Crippen LogP contribution in [0.15, 0.2) is 194 Å². The Morgan fingerprint density at radius 2 is 0.554 bits per heavy atom. The maximum absolute atomic E-state index is 17.0. The molecule has 0 radical (unpaired) electrons. The maximum Gasteiger partial charge on any atom is 0.186 e. The minimum atomic E-state index is -2.41. The van der Waals surface area contributed by atoms with Crippen LogP contribution in [-0.2, 0) is 0 Å². The van der Waals surface area contributed by atoms with E-state index in [9.17, 15) is 8.78 Å². The van der Waals surface area contributed by atoms with Crippen molar-refractivity contribution in [2.24, 2.45) is 0 Å². The predicted octanol–water partition coefficient (Wildman–Crippen LogP) is 17.9. The molecule has 12 aromatic rings. The molecule has 0 N–H and O–H groups in total. The van der Waals surface area contributed by atoms with Crippen LogP contribution in [0.1, 0.15) is 0 Å². The first-order valence-electron chi connectivity index (χ1n) is 22.9. The summed E-state index contributed by atoms with van der Waals surface area (Å²) in [4.78, 5) is 1.50. The van der Waals surface area contributed by atoms with Crippen molar-refractivity contribution in [3.63, 3.8) is 0 Å². The number of hydrogen-bond donors (Lipinski definition) is 0. The number of halogens is 10. The zero-order valence-electron chi connectivity index (χ0n) is 38.0. The quantitative estimate of drug-likeness (QED) is 0.106. The molecule has 10 aromatic carbocycles. The van der Waals surface area contributed by atoms with E-state index in [2.05, 4.69) is 0 Å². The van der Waals surface area contributed by atoms with Crippen LogP contribution < -0.4 is 9.80 Å². The fraction of sp³-hybridized carbons (Fsp3) is 0. The number of aromatic nitrogens is 2. The number of rotatable bonds is 9. The van der Waals surface area contributed by atoms with Crippen molar-refractivity contribution in [3.8, 4) is 22.5 Å². The Morgan fingerprint density at radius 1 is 0.257 bits per heavy atom. The summed E-state index contributed by atoms with van der Waals surface area (Å²) in [6.07, 6.45) is 0. The molecule has 0 aliphatic heterocycles. The Labute approximate surface area is 414 Å². The van der Waals surface area contributed by atoms with E-state index >= 15 is 35.1 Å². The topological polar surface area (TPSA) is 16.3 Å². The van der Waals surface area contributed by atoms with Gasteiger partial charge in [-0.2, -0.15) is 0 Å². The third-order valence-electron chi connectivity index (χ3n) is 13.2. The first-order valence-corrected chi connectivity index (χ1v) is 22.9. The highest BCUT2D eigenvalue weighted by Gasteiger charge is 2.38. The number of anilines is 6. The minimum Gasteiger partial charge on any atom is -0.309 e. The van der Waals surface area contributed by atoms with E-state index in [1.54, 1.807) is 36.4 Å². The molecule has 0 spiro atoms. The van der Waals surface area contributed by atoms with Gasteiger partial charge in [0, 0.05) is 55.7 Å². The summed E-state index contributed by atoms with van der Waals surface area (Å²) in [6.45, 7) is 0. The smallest absolute Gasteiger partial charge is 0.186 e. The lowest BCUT2D eigenvalue weighted by molar-refractivity contribution is 0.444. The molecular weight excluding hydrogens is 967 g/mol. The molecule has 0 saturated carbocycles. The van der Waals surface area contributed by atoms with Gasteiger partial charge in [-0.05, 0) is 121 Å². The van der Waals surface area contributed by atoms with Gasteiger partial charge in [0.1, 0.15) is 23.0 Å². The molecule has 2 heterocycles. The zero-order chi connectivity index (χ0) is 51.1. The predicted molar refractivity (Wildman–Crippen MR) is 270 cm³/mol. The summed E-state index contributed by atoms with van der Waals surface area (Å²) in [5.74, 6) is -20.0. The molecule has 74 heavy (non-hydrogen) atoms. The van der Waals surface area contributed by atoms with Crippen LogP contribution in [0.4, 0.5) is 78.0 Å². The molecule has 12 rings (SSSR count). The van der Waals surface area contributed by atoms with Crippen molar-refractivity contribution in [1.29, 1.82) is 0 Å². The molecule has 362 valence electrons. The van der Waals surface area contributed by atoms with Crippen molar-refractivity contribution in [2.45, 2.75) is 0 Å². The monoisotopic (exact) mass is 998 g/mol. The Balaban J connectivity index is 1.03. The highest BCUT2D eigenvalue weighted by molar-refractivity contribution is 6.12. The fourth-order valence-electron chi connectivity index (χ4n) is 9.98. The van der Waals surface area contributed by atoms with Crippen LogP contribution in [0.2, 0.25) is 0 Å². The summed E-state index contributed by atoms with van der Waals surface area (Å²) in [5, 5.41) is 2.40. The summed E-state index contributed by atoms with van der Waals surface area (Å²) in [7, 11) is 0.